The van der Waals surface area contributed by atoms with Crippen molar-refractivity contribution in [1.82, 2.24) is 0 Å². The molecular formula is C20H32O2. The maximum atomic E-state index is 12.2. The summed E-state index contributed by atoms with van der Waals surface area (Å²) in [6.07, 6.45) is 9.77. The number of hydrogen-bond donors (Lipinski definition) is 1. The lowest BCUT2D eigenvalue weighted by Gasteiger charge is -2.38. The summed E-state index contributed by atoms with van der Waals surface area (Å²) in [7, 11) is 0. The highest BCUT2D eigenvalue weighted by Crippen LogP contribution is 2.56. The molecule has 0 heterocycles. The van der Waals surface area contributed by atoms with Gasteiger partial charge in [-0.2, -0.15) is 0 Å². The van der Waals surface area contributed by atoms with Crippen LogP contribution in [0.3, 0.4) is 0 Å². The van der Waals surface area contributed by atoms with E-state index in [1.165, 1.54) is 5.57 Å². The average molecular weight is 304 g/mol. The van der Waals surface area contributed by atoms with Gasteiger partial charge in [0.2, 0.25) is 0 Å². The quantitative estimate of drug-likeness (QED) is 0.756. The number of rotatable bonds is 4. The van der Waals surface area contributed by atoms with E-state index in [0.717, 1.165) is 37.7 Å². The zero-order valence-electron chi connectivity index (χ0n) is 14.9. The second kappa shape index (κ2) is 6.31. The fourth-order valence-corrected chi connectivity index (χ4v) is 4.53. The third-order valence-corrected chi connectivity index (χ3v) is 6.09. The zero-order chi connectivity index (χ0) is 16.5. The van der Waals surface area contributed by atoms with Gasteiger partial charge in [-0.05, 0) is 82.6 Å². The molecule has 2 aliphatic rings. The summed E-state index contributed by atoms with van der Waals surface area (Å²) < 4.78 is 0. The third-order valence-electron chi connectivity index (χ3n) is 6.09. The summed E-state index contributed by atoms with van der Waals surface area (Å²) in [5, 5.41) is 11.1. The van der Waals surface area contributed by atoms with Crippen molar-refractivity contribution in [2.75, 3.05) is 0 Å². The number of fused-ring (bicyclic) bond motifs is 1. The summed E-state index contributed by atoms with van der Waals surface area (Å²) >= 11 is 0. The Labute approximate surface area is 135 Å². The molecule has 0 aromatic heterocycles. The fourth-order valence-electron chi connectivity index (χ4n) is 4.53. The van der Waals surface area contributed by atoms with E-state index in [9.17, 15) is 9.90 Å². The smallest absolute Gasteiger partial charge is 0.158 e. The summed E-state index contributed by atoms with van der Waals surface area (Å²) in [6, 6.07) is 0. The van der Waals surface area contributed by atoms with Crippen molar-refractivity contribution in [2.45, 2.75) is 78.7 Å². The van der Waals surface area contributed by atoms with Gasteiger partial charge in [-0.1, -0.05) is 24.6 Å². The molecule has 1 unspecified atom stereocenters. The van der Waals surface area contributed by atoms with Crippen molar-refractivity contribution in [3.8, 4) is 0 Å². The van der Waals surface area contributed by atoms with Crippen LogP contribution < -0.4 is 0 Å². The Morgan fingerprint density at radius 3 is 2.82 bits per heavy atom. The van der Waals surface area contributed by atoms with E-state index < -0.39 is 5.60 Å². The van der Waals surface area contributed by atoms with Crippen LogP contribution in [0, 0.1) is 17.3 Å². The number of Topliss-reactive ketones (excluding diaryl/α,β-unsaturated/α-hetero) is 1. The lowest BCUT2D eigenvalue weighted by molar-refractivity contribution is -0.118. The number of allylic oxidation sites excluding steroid dienone is 4. The molecule has 0 aromatic carbocycles. The first-order valence-corrected chi connectivity index (χ1v) is 8.71. The summed E-state index contributed by atoms with van der Waals surface area (Å²) in [4.78, 5) is 12.2. The normalized spacial score (nSPS) is 34.5. The van der Waals surface area contributed by atoms with Crippen LogP contribution in [-0.2, 0) is 4.79 Å². The predicted octanol–water partition coefficient (Wildman–Crippen LogP) is 4.83. The molecule has 0 aliphatic heterocycles. The number of carbonyl (C=O) groups is 1. The van der Waals surface area contributed by atoms with Crippen LogP contribution in [0.25, 0.3) is 0 Å². The van der Waals surface area contributed by atoms with Crippen LogP contribution in [0.2, 0.25) is 0 Å². The van der Waals surface area contributed by atoms with Crippen LogP contribution in [0.15, 0.2) is 23.3 Å². The van der Waals surface area contributed by atoms with Crippen LogP contribution in [-0.4, -0.2) is 16.5 Å². The molecule has 0 spiro atoms. The molecule has 124 valence electrons. The SMILES string of the molecule is CC(C)=CCCC(C)(O)[C@H]1CC[C@@]2(C)CC(=O)C(C)=CC[C@H]12. The van der Waals surface area contributed by atoms with Gasteiger partial charge in [0.05, 0.1) is 5.60 Å². The van der Waals surface area contributed by atoms with Crippen molar-refractivity contribution >= 4 is 5.78 Å². The van der Waals surface area contributed by atoms with Crippen LogP contribution in [0.5, 0.6) is 0 Å². The van der Waals surface area contributed by atoms with E-state index in [1.54, 1.807) is 0 Å². The first-order valence-electron chi connectivity index (χ1n) is 8.71. The minimum atomic E-state index is -0.635. The van der Waals surface area contributed by atoms with Gasteiger partial charge >= 0.3 is 0 Å². The fraction of sp³-hybridized carbons (Fsp3) is 0.750. The number of hydrogen-bond acceptors (Lipinski definition) is 2. The lowest BCUT2D eigenvalue weighted by atomic mass is 9.69. The molecule has 1 fully saturated rings. The molecule has 1 N–H and O–H groups in total. The Morgan fingerprint density at radius 1 is 1.50 bits per heavy atom. The first kappa shape index (κ1) is 17.5. The van der Waals surface area contributed by atoms with Gasteiger partial charge in [0, 0.05) is 6.42 Å². The first-order chi connectivity index (χ1) is 10.2. The molecule has 1 saturated carbocycles. The number of ketones is 1. The molecule has 0 radical (unpaired) electrons. The van der Waals surface area contributed by atoms with Crippen molar-refractivity contribution < 1.29 is 9.90 Å². The van der Waals surface area contributed by atoms with E-state index in [2.05, 4.69) is 32.9 Å². The van der Waals surface area contributed by atoms with E-state index in [1.807, 2.05) is 13.8 Å². The van der Waals surface area contributed by atoms with E-state index in [-0.39, 0.29) is 5.41 Å². The average Bonchev–Trinajstić information content (AvgIpc) is 2.67. The van der Waals surface area contributed by atoms with Gasteiger partial charge in [0.25, 0.3) is 0 Å². The molecule has 22 heavy (non-hydrogen) atoms. The van der Waals surface area contributed by atoms with E-state index in [0.29, 0.717) is 24.0 Å². The standard InChI is InChI=1S/C20H32O2/c1-14(2)7-6-11-20(5,22)17-10-12-19(4)13-18(21)15(3)8-9-16(17)19/h7-8,16-17,22H,6,9-13H2,1-5H3/t16-,17+,19+,20?/m1/s1. The van der Waals surface area contributed by atoms with Gasteiger partial charge in [-0.25, -0.2) is 0 Å². The zero-order valence-corrected chi connectivity index (χ0v) is 14.9. The summed E-state index contributed by atoms with van der Waals surface area (Å²) in [6.45, 7) is 10.4. The lowest BCUT2D eigenvalue weighted by Crippen LogP contribution is -2.39. The maximum Gasteiger partial charge on any atom is 0.158 e. The van der Waals surface area contributed by atoms with Crippen molar-refractivity contribution in [3.63, 3.8) is 0 Å². The molecule has 0 aromatic rings. The topological polar surface area (TPSA) is 37.3 Å². The van der Waals surface area contributed by atoms with E-state index >= 15 is 0 Å². The van der Waals surface area contributed by atoms with E-state index in [4.69, 9.17) is 0 Å². The highest BCUT2D eigenvalue weighted by molar-refractivity contribution is 5.95. The minimum absolute atomic E-state index is 0.0660. The van der Waals surface area contributed by atoms with Crippen LogP contribution in [0.1, 0.15) is 73.1 Å². The van der Waals surface area contributed by atoms with Crippen molar-refractivity contribution in [2.24, 2.45) is 17.3 Å². The molecule has 2 rings (SSSR count). The highest BCUT2D eigenvalue weighted by Gasteiger charge is 2.51. The molecule has 2 aliphatic carbocycles. The Balaban J connectivity index is 2.16. The van der Waals surface area contributed by atoms with Crippen molar-refractivity contribution in [1.29, 1.82) is 0 Å². The molecule has 0 amide bonds. The Hall–Kier alpha value is -0.890. The predicted molar refractivity (Wildman–Crippen MR) is 91.6 cm³/mol. The summed E-state index contributed by atoms with van der Waals surface area (Å²) in [5.41, 5.74) is 1.66. The second-order valence-corrected chi connectivity index (χ2v) is 8.31. The van der Waals surface area contributed by atoms with Gasteiger partial charge < -0.3 is 5.11 Å². The second-order valence-electron chi connectivity index (χ2n) is 8.31. The number of aliphatic hydroxyl groups is 1. The Kier molecular flexibility index (Phi) is 5.01. The molecule has 0 saturated heterocycles. The maximum absolute atomic E-state index is 12.2. The Morgan fingerprint density at radius 2 is 2.18 bits per heavy atom. The van der Waals surface area contributed by atoms with Crippen LogP contribution >= 0.6 is 0 Å². The molecule has 4 atom stereocenters. The highest BCUT2D eigenvalue weighted by atomic mass is 16.3. The third kappa shape index (κ3) is 3.53. The van der Waals surface area contributed by atoms with Gasteiger partial charge in [-0.15, -0.1) is 0 Å². The molecule has 2 heteroatoms. The number of carbonyl (C=O) groups excluding carboxylic acids is 1. The minimum Gasteiger partial charge on any atom is -0.390 e. The van der Waals surface area contributed by atoms with Crippen LogP contribution in [0.4, 0.5) is 0 Å². The summed E-state index contributed by atoms with van der Waals surface area (Å²) in [5.74, 6) is 1.03. The molecule has 2 nitrogen and oxygen atoms in total. The largest absolute Gasteiger partial charge is 0.390 e. The molecule has 0 bridgehead atoms. The van der Waals surface area contributed by atoms with Crippen molar-refractivity contribution in [3.05, 3.63) is 23.3 Å². The Bertz CT molecular complexity index is 494. The van der Waals surface area contributed by atoms with Gasteiger partial charge in [0.1, 0.15) is 0 Å². The van der Waals surface area contributed by atoms with Gasteiger partial charge in [0.15, 0.2) is 5.78 Å². The molecular weight excluding hydrogens is 272 g/mol. The van der Waals surface area contributed by atoms with Gasteiger partial charge in [-0.3, -0.25) is 4.79 Å². The monoisotopic (exact) mass is 304 g/mol.